The molecular weight excluding hydrogens is 334 g/mol. The summed E-state index contributed by atoms with van der Waals surface area (Å²) in [5.41, 5.74) is 0.728. The Kier molecular flexibility index (Phi) is 5.36. The Morgan fingerprint density at radius 1 is 1.38 bits per heavy atom. The lowest BCUT2D eigenvalue weighted by Crippen LogP contribution is -2.46. The SMILES string of the molecule is C[C@H](C(=O)NC1CC1)N(C)CC(=O)Nc1ccccc1Br. The summed E-state index contributed by atoms with van der Waals surface area (Å²) in [7, 11) is 1.77. The first-order valence-electron chi connectivity index (χ1n) is 7.02. The minimum Gasteiger partial charge on any atom is -0.352 e. The lowest BCUT2D eigenvalue weighted by molar-refractivity contribution is -0.126. The highest BCUT2D eigenvalue weighted by atomic mass is 79.9. The molecule has 21 heavy (non-hydrogen) atoms. The van der Waals surface area contributed by atoms with Crippen LogP contribution < -0.4 is 10.6 Å². The van der Waals surface area contributed by atoms with Crippen molar-refractivity contribution in [1.82, 2.24) is 10.2 Å². The first-order valence-corrected chi connectivity index (χ1v) is 7.81. The molecule has 0 bridgehead atoms. The fraction of sp³-hybridized carbons (Fsp3) is 0.467. The van der Waals surface area contributed by atoms with Crippen molar-refractivity contribution in [3.05, 3.63) is 28.7 Å². The van der Waals surface area contributed by atoms with Gasteiger partial charge in [-0.05, 0) is 54.9 Å². The Labute approximate surface area is 133 Å². The number of nitrogens with one attached hydrogen (secondary N) is 2. The first-order chi connectivity index (χ1) is 9.97. The molecule has 114 valence electrons. The van der Waals surface area contributed by atoms with Gasteiger partial charge in [0.05, 0.1) is 18.3 Å². The van der Waals surface area contributed by atoms with E-state index in [0.717, 1.165) is 23.0 Å². The summed E-state index contributed by atoms with van der Waals surface area (Å²) in [5, 5.41) is 5.78. The second-order valence-corrected chi connectivity index (χ2v) is 6.26. The van der Waals surface area contributed by atoms with Gasteiger partial charge >= 0.3 is 0 Å². The Morgan fingerprint density at radius 3 is 2.67 bits per heavy atom. The van der Waals surface area contributed by atoms with Crippen LogP contribution in [0.4, 0.5) is 5.69 Å². The Hall–Kier alpha value is -1.40. The van der Waals surface area contributed by atoms with Crippen molar-refractivity contribution in [2.75, 3.05) is 18.9 Å². The second kappa shape index (κ2) is 7.04. The van der Waals surface area contributed by atoms with Crippen LogP contribution in [0.2, 0.25) is 0 Å². The number of benzene rings is 1. The quantitative estimate of drug-likeness (QED) is 0.821. The molecule has 1 aliphatic carbocycles. The molecule has 1 fully saturated rings. The first kappa shape index (κ1) is 16.0. The molecular formula is C15H20BrN3O2. The summed E-state index contributed by atoms with van der Waals surface area (Å²) in [6.07, 6.45) is 2.12. The van der Waals surface area contributed by atoms with Crippen molar-refractivity contribution < 1.29 is 9.59 Å². The molecule has 2 rings (SSSR count). The van der Waals surface area contributed by atoms with E-state index in [9.17, 15) is 9.59 Å². The number of para-hydroxylation sites is 1. The summed E-state index contributed by atoms with van der Waals surface area (Å²) >= 11 is 3.38. The number of likely N-dealkylation sites (N-methyl/N-ethyl adjacent to an activating group) is 1. The van der Waals surface area contributed by atoms with Gasteiger partial charge in [0, 0.05) is 10.5 Å². The fourth-order valence-corrected chi connectivity index (χ4v) is 2.25. The molecule has 1 atom stereocenters. The third-order valence-electron chi connectivity index (χ3n) is 3.51. The average Bonchev–Trinajstić information content (AvgIpc) is 3.24. The number of nitrogens with zero attached hydrogens (tertiary/aromatic N) is 1. The van der Waals surface area contributed by atoms with E-state index in [2.05, 4.69) is 26.6 Å². The third-order valence-corrected chi connectivity index (χ3v) is 4.20. The van der Waals surface area contributed by atoms with Gasteiger partial charge in [0.1, 0.15) is 0 Å². The number of rotatable bonds is 6. The fourth-order valence-electron chi connectivity index (χ4n) is 1.87. The van der Waals surface area contributed by atoms with E-state index in [0.29, 0.717) is 6.04 Å². The number of anilines is 1. The zero-order valence-corrected chi connectivity index (χ0v) is 13.8. The van der Waals surface area contributed by atoms with E-state index < -0.39 is 0 Å². The van der Waals surface area contributed by atoms with Crippen LogP contribution in [0.3, 0.4) is 0 Å². The van der Waals surface area contributed by atoms with E-state index in [1.807, 2.05) is 31.2 Å². The van der Waals surface area contributed by atoms with Crippen molar-refractivity contribution >= 4 is 33.4 Å². The molecule has 0 heterocycles. The highest BCUT2D eigenvalue weighted by Gasteiger charge is 2.27. The van der Waals surface area contributed by atoms with Crippen molar-refractivity contribution in [3.63, 3.8) is 0 Å². The number of carbonyl (C=O) groups is 2. The number of carbonyl (C=O) groups excluding carboxylic acids is 2. The smallest absolute Gasteiger partial charge is 0.238 e. The summed E-state index contributed by atoms with van der Waals surface area (Å²) in [5.74, 6) is -0.163. The van der Waals surface area contributed by atoms with Gasteiger partial charge in [0.15, 0.2) is 0 Å². The molecule has 0 radical (unpaired) electrons. The van der Waals surface area contributed by atoms with Crippen molar-refractivity contribution in [2.45, 2.75) is 31.8 Å². The van der Waals surface area contributed by atoms with Crippen LogP contribution >= 0.6 is 15.9 Å². The molecule has 0 aliphatic heterocycles. The molecule has 1 aliphatic rings. The lowest BCUT2D eigenvalue weighted by atomic mass is 10.2. The average molecular weight is 354 g/mol. The predicted molar refractivity (Wildman–Crippen MR) is 86.0 cm³/mol. The maximum absolute atomic E-state index is 12.0. The number of halogens is 1. The van der Waals surface area contributed by atoms with Gasteiger partial charge in [-0.2, -0.15) is 0 Å². The van der Waals surface area contributed by atoms with Crippen molar-refractivity contribution in [1.29, 1.82) is 0 Å². The second-order valence-electron chi connectivity index (χ2n) is 5.40. The van der Waals surface area contributed by atoms with Crippen LogP contribution in [0.1, 0.15) is 19.8 Å². The number of hydrogen-bond acceptors (Lipinski definition) is 3. The van der Waals surface area contributed by atoms with Crippen LogP contribution in [0.25, 0.3) is 0 Å². The molecule has 1 saturated carbocycles. The molecule has 0 aromatic heterocycles. The van der Waals surface area contributed by atoms with Gasteiger partial charge in [0.2, 0.25) is 11.8 Å². The van der Waals surface area contributed by atoms with E-state index in [4.69, 9.17) is 0 Å². The van der Waals surface area contributed by atoms with Gasteiger partial charge in [-0.1, -0.05) is 12.1 Å². The molecule has 0 unspecified atom stereocenters. The maximum atomic E-state index is 12.0. The van der Waals surface area contributed by atoms with Crippen LogP contribution in [0.15, 0.2) is 28.7 Å². The normalized spacial score (nSPS) is 15.6. The number of hydrogen-bond donors (Lipinski definition) is 2. The Morgan fingerprint density at radius 2 is 2.05 bits per heavy atom. The molecule has 2 amide bonds. The standard InChI is InChI=1S/C15H20BrN3O2/c1-10(15(21)17-11-7-8-11)19(2)9-14(20)18-13-6-4-3-5-12(13)16/h3-6,10-11H,7-9H2,1-2H3,(H,17,21)(H,18,20)/t10-/m1/s1. The van der Waals surface area contributed by atoms with Crippen LogP contribution in [0, 0.1) is 0 Å². The highest BCUT2D eigenvalue weighted by molar-refractivity contribution is 9.10. The van der Waals surface area contributed by atoms with Crippen molar-refractivity contribution in [2.24, 2.45) is 0 Å². The molecule has 0 saturated heterocycles. The van der Waals surface area contributed by atoms with E-state index >= 15 is 0 Å². The Bertz CT molecular complexity index is 531. The summed E-state index contributed by atoms with van der Waals surface area (Å²) in [6, 6.07) is 7.44. The monoisotopic (exact) mass is 353 g/mol. The van der Waals surface area contributed by atoms with Gasteiger partial charge in [-0.15, -0.1) is 0 Å². The molecule has 0 spiro atoms. The highest BCUT2D eigenvalue weighted by Crippen LogP contribution is 2.21. The minimum atomic E-state index is -0.324. The van der Waals surface area contributed by atoms with Crippen LogP contribution in [0.5, 0.6) is 0 Å². The van der Waals surface area contributed by atoms with E-state index in [1.165, 1.54) is 0 Å². The lowest BCUT2D eigenvalue weighted by Gasteiger charge is -2.23. The summed E-state index contributed by atoms with van der Waals surface area (Å²) in [6.45, 7) is 1.98. The van der Waals surface area contributed by atoms with Gasteiger partial charge in [-0.25, -0.2) is 0 Å². The van der Waals surface area contributed by atoms with Gasteiger partial charge < -0.3 is 10.6 Å². The molecule has 6 heteroatoms. The zero-order valence-electron chi connectivity index (χ0n) is 12.2. The Balaban J connectivity index is 1.83. The van der Waals surface area contributed by atoms with Crippen LogP contribution in [-0.2, 0) is 9.59 Å². The topological polar surface area (TPSA) is 61.4 Å². The molecule has 1 aromatic rings. The maximum Gasteiger partial charge on any atom is 0.238 e. The van der Waals surface area contributed by atoms with E-state index in [1.54, 1.807) is 11.9 Å². The minimum absolute atomic E-state index is 0.0197. The molecule has 1 aromatic carbocycles. The summed E-state index contributed by atoms with van der Waals surface area (Å²) in [4.78, 5) is 25.7. The van der Waals surface area contributed by atoms with Crippen LogP contribution in [-0.4, -0.2) is 42.4 Å². The largest absolute Gasteiger partial charge is 0.352 e. The third kappa shape index (κ3) is 4.82. The molecule has 2 N–H and O–H groups in total. The number of amides is 2. The predicted octanol–water partition coefficient (Wildman–Crippen LogP) is 1.99. The van der Waals surface area contributed by atoms with Crippen molar-refractivity contribution in [3.8, 4) is 0 Å². The van der Waals surface area contributed by atoms with Gasteiger partial charge in [-0.3, -0.25) is 14.5 Å². The molecule has 5 nitrogen and oxygen atoms in total. The summed E-state index contributed by atoms with van der Waals surface area (Å²) < 4.78 is 0.834. The van der Waals surface area contributed by atoms with Gasteiger partial charge in [0.25, 0.3) is 0 Å². The zero-order chi connectivity index (χ0) is 15.4. The van der Waals surface area contributed by atoms with E-state index in [-0.39, 0.29) is 24.4 Å².